The Kier molecular flexibility index (Phi) is 8.72. The van der Waals surface area contributed by atoms with E-state index in [0.29, 0.717) is 30.0 Å². The molecule has 0 aromatic heterocycles. The quantitative estimate of drug-likeness (QED) is 0.298. The summed E-state index contributed by atoms with van der Waals surface area (Å²) < 4.78 is 5.59. The summed E-state index contributed by atoms with van der Waals surface area (Å²) in [4.78, 5) is 12.4. The van der Waals surface area contributed by atoms with Crippen LogP contribution in [0, 0.1) is 11.8 Å². The minimum absolute atomic E-state index is 0.0380. The minimum atomic E-state index is -0.0586. The smallest absolute Gasteiger partial charge is 0.316 e. The van der Waals surface area contributed by atoms with Crippen LogP contribution in [0.2, 0.25) is 0 Å². The summed E-state index contributed by atoms with van der Waals surface area (Å²) in [6.07, 6.45) is 5.80. The van der Waals surface area contributed by atoms with Gasteiger partial charge in [-0.2, -0.15) is 0 Å². The molecule has 8 unspecified atom stereocenters. The molecule has 2 amide bonds. The number of hydrogen-bond donors (Lipinski definition) is 7. The van der Waals surface area contributed by atoms with Gasteiger partial charge in [-0.15, -0.1) is 11.8 Å². The van der Waals surface area contributed by atoms with E-state index in [-0.39, 0.29) is 23.9 Å². The van der Waals surface area contributed by atoms with Crippen LogP contribution in [0.1, 0.15) is 39.0 Å². The highest BCUT2D eigenvalue weighted by atomic mass is 32.2. The molecule has 10 heteroatoms. The lowest BCUT2D eigenvalue weighted by Gasteiger charge is -2.43. The molecule has 0 bridgehead atoms. The first-order chi connectivity index (χ1) is 15.1. The average molecular weight is 456 g/mol. The second-order valence-electron chi connectivity index (χ2n) is 9.54. The summed E-state index contributed by atoms with van der Waals surface area (Å²) in [6, 6.07) is 1.01. The number of rotatable bonds is 6. The first-order valence-electron chi connectivity index (χ1n) is 12.0. The molecule has 3 aliphatic heterocycles. The number of carbonyl (C=O) groups is 1. The topological polar surface area (TPSA) is 111 Å². The summed E-state index contributed by atoms with van der Waals surface area (Å²) in [7, 11) is 1.81. The molecule has 7 N–H and O–H groups in total. The maximum atomic E-state index is 12.4. The van der Waals surface area contributed by atoms with Crippen molar-refractivity contribution in [3.63, 3.8) is 0 Å². The maximum absolute atomic E-state index is 12.4. The van der Waals surface area contributed by atoms with Gasteiger partial charge >= 0.3 is 6.03 Å². The van der Waals surface area contributed by atoms with Gasteiger partial charge in [-0.1, -0.05) is 6.92 Å². The first kappa shape index (κ1) is 23.5. The summed E-state index contributed by atoms with van der Waals surface area (Å²) in [5.41, 5.74) is 0.0380. The third kappa shape index (κ3) is 6.69. The number of amides is 2. The monoisotopic (exact) mass is 455 g/mol. The van der Waals surface area contributed by atoms with E-state index in [2.05, 4.69) is 44.1 Å². The molecule has 3 heterocycles. The summed E-state index contributed by atoms with van der Waals surface area (Å²) in [5, 5.41) is 24.3. The van der Waals surface area contributed by atoms with Gasteiger partial charge in [0.25, 0.3) is 0 Å². The van der Waals surface area contributed by atoms with Gasteiger partial charge in [-0.05, 0) is 57.0 Å². The maximum Gasteiger partial charge on any atom is 0.316 e. The lowest BCUT2D eigenvalue weighted by molar-refractivity contribution is 0.0447. The molecule has 178 valence electrons. The largest absolute Gasteiger partial charge is 0.380 e. The zero-order valence-electron chi connectivity index (χ0n) is 18.9. The molecular formula is C21H41N7O2S. The molecule has 31 heavy (non-hydrogen) atoms. The lowest BCUT2D eigenvalue weighted by Crippen LogP contribution is -2.66. The van der Waals surface area contributed by atoms with Crippen molar-refractivity contribution in [1.29, 1.82) is 0 Å². The van der Waals surface area contributed by atoms with Crippen molar-refractivity contribution in [2.24, 2.45) is 11.8 Å². The molecule has 4 aliphatic rings. The predicted octanol–water partition coefficient (Wildman–Crippen LogP) is -0.0880. The Morgan fingerprint density at radius 1 is 1.06 bits per heavy atom. The third-order valence-corrected chi connectivity index (χ3v) is 8.38. The Bertz CT molecular complexity index is 580. The van der Waals surface area contributed by atoms with E-state index in [1.54, 1.807) is 11.8 Å². The fourth-order valence-corrected chi connectivity index (χ4v) is 6.30. The highest BCUT2D eigenvalue weighted by Gasteiger charge is 2.35. The van der Waals surface area contributed by atoms with E-state index in [1.165, 1.54) is 0 Å². The molecule has 0 aromatic rings. The molecule has 0 aromatic carbocycles. The Labute approximate surface area is 190 Å². The Balaban J connectivity index is 1.24. The van der Waals surface area contributed by atoms with Crippen LogP contribution < -0.4 is 37.2 Å². The Hall–Kier alpha value is -0.620. The SMILES string of the molecule is COC1CNCC(C2CCNC(NC3CC(NC(=O)NC4NCCS4)CCC3C)N2)C1. The van der Waals surface area contributed by atoms with Crippen LogP contribution in [-0.2, 0) is 4.74 Å². The molecule has 3 saturated heterocycles. The molecule has 0 spiro atoms. The van der Waals surface area contributed by atoms with Crippen LogP contribution in [0.3, 0.4) is 0 Å². The van der Waals surface area contributed by atoms with E-state index in [4.69, 9.17) is 4.74 Å². The zero-order chi connectivity index (χ0) is 21.6. The van der Waals surface area contributed by atoms with Gasteiger partial charge in [0.2, 0.25) is 0 Å². The van der Waals surface area contributed by atoms with Crippen LogP contribution >= 0.6 is 11.8 Å². The van der Waals surface area contributed by atoms with Crippen LogP contribution in [0.15, 0.2) is 0 Å². The number of ether oxygens (including phenoxy) is 1. The van der Waals surface area contributed by atoms with Gasteiger partial charge in [0, 0.05) is 44.1 Å². The molecule has 9 nitrogen and oxygen atoms in total. The second-order valence-corrected chi connectivity index (χ2v) is 10.8. The fraction of sp³-hybridized carbons (Fsp3) is 0.952. The second kappa shape index (κ2) is 11.5. The minimum Gasteiger partial charge on any atom is -0.380 e. The third-order valence-electron chi connectivity index (χ3n) is 7.32. The van der Waals surface area contributed by atoms with Gasteiger partial charge in [0.1, 0.15) is 11.8 Å². The van der Waals surface area contributed by atoms with Crippen LogP contribution in [0.4, 0.5) is 4.79 Å². The number of thioether (sulfide) groups is 1. The Morgan fingerprint density at radius 2 is 1.97 bits per heavy atom. The van der Waals surface area contributed by atoms with Crippen molar-refractivity contribution in [1.82, 2.24) is 37.2 Å². The highest BCUT2D eigenvalue weighted by molar-refractivity contribution is 8.00. The van der Waals surface area contributed by atoms with Gasteiger partial charge in [0.05, 0.1) is 6.10 Å². The van der Waals surface area contributed by atoms with Crippen molar-refractivity contribution in [2.45, 2.75) is 75.0 Å². The van der Waals surface area contributed by atoms with Crippen LogP contribution in [-0.4, -0.2) is 81.1 Å². The predicted molar refractivity (Wildman–Crippen MR) is 125 cm³/mol. The molecule has 1 saturated carbocycles. The summed E-state index contributed by atoms with van der Waals surface area (Å²) >= 11 is 1.75. The average Bonchev–Trinajstić information content (AvgIpc) is 3.29. The molecule has 0 radical (unpaired) electrons. The summed E-state index contributed by atoms with van der Waals surface area (Å²) in [5.74, 6) is 2.23. The fourth-order valence-electron chi connectivity index (χ4n) is 5.40. The molecule has 1 aliphatic carbocycles. The van der Waals surface area contributed by atoms with Gasteiger partial charge in [-0.3, -0.25) is 21.3 Å². The van der Waals surface area contributed by atoms with Crippen molar-refractivity contribution in [2.75, 3.05) is 39.0 Å². The standard InChI is InChI=1S/C21H41N7O2S/c1-13-3-4-15(25-20(29)28-21-24-7-8-31-21)10-18(13)27-19-23-6-5-17(26-19)14-9-16(30-2)12-22-11-14/h13-19,21-24,26-27H,3-12H2,1-2H3,(H2,25,28,29). The number of piperidine rings is 1. The number of carbonyl (C=O) groups excluding carboxylic acids is 1. The van der Waals surface area contributed by atoms with E-state index in [9.17, 15) is 4.79 Å². The number of urea groups is 1. The first-order valence-corrected chi connectivity index (χ1v) is 13.1. The van der Waals surface area contributed by atoms with E-state index < -0.39 is 0 Å². The van der Waals surface area contributed by atoms with Crippen LogP contribution in [0.25, 0.3) is 0 Å². The van der Waals surface area contributed by atoms with E-state index in [0.717, 1.165) is 64.0 Å². The van der Waals surface area contributed by atoms with Crippen LogP contribution in [0.5, 0.6) is 0 Å². The van der Waals surface area contributed by atoms with Gasteiger partial charge < -0.3 is 20.7 Å². The number of hydrogen-bond acceptors (Lipinski definition) is 8. The zero-order valence-corrected chi connectivity index (χ0v) is 19.7. The molecule has 4 rings (SSSR count). The van der Waals surface area contributed by atoms with Gasteiger partial charge in [0.15, 0.2) is 0 Å². The van der Waals surface area contributed by atoms with Crippen molar-refractivity contribution >= 4 is 17.8 Å². The molecule has 8 atom stereocenters. The van der Waals surface area contributed by atoms with E-state index in [1.807, 2.05) is 7.11 Å². The molecular weight excluding hydrogens is 414 g/mol. The highest BCUT2D eigenvalue weighted by Crippen LogP contribution is 2.26. The van der Waals surface area contributed by atoms with Crippen molar-refractivity contribution in [3.8, 4) is 0 Å². The Morgan fingerprint density at radius 3 is 2.77 bits per heavy atom. The number of nitrogens with one attached hydrogen (secondary N) is 7. The van der Waals surface area contributed by atoms with Crippen molar-refractivity contribution in [3.05, 3.63) is 0 Å². The van der Waals surface area contributed by atoms with Gasteiger partial charge in [-0.25, -0.2) is 4.79 Å². The van der Waals surface area contributed by atoms with Crippen molar-refractivity contribution < 1.29 is 9.53 Å². The summed E-state index contributed by atoms with van der Waals surface area (Å²) in [6.45, 7) is 6.30. The normalized spacial score (nSPS) is 41.6. The molecule has 4 fully saturated rings. The number of methoxy groups -OCH3 is 1. The van der Waals surface area contributed by atoms with E-state index >= 15 is 0 Å². The lowest BCUT2D eigenvalue weighted by atomic mass is 9.82.